The van der Waals surface area contributed by atoms with Crippen LogP contribution in [0.2, 0.25) is 0 Å². The zero-order valence-electron chi connectivity index (χ0n) is 12.3. The molecule has 1 aliphatic rings. The highest BCUT2D eigenvalue weighted by molar-refractivity contribution is 7.98. The molecule has 2 N–H and O–H groups in total. The van der Waals surface area contributed by atoms with Gasteiger partial charge in [-0.25, -0.2) is 4.39 Å². The molecule has 0 saturated carbocycles. The number of benzene rings is 1. The summed E-state index contributed by atoms with van der Waals surface area (Å²) in [7, 11) is 0. The lowest BCUT2D eigenvalue weighted by atomic mass is 10.2. The summed E-state index contributed by atoms with van der Waals surface area (Å²) in [5, 5.41) is 0. The van der Waals surface area contributed by atoms with Crippen molar-refractivity contribution in [2.45, 2.75) is 12.5 Å². The van der Waals surface area contributed by atoms with Crippen molar-refractivity contribution in [1.29, 1.82) is 0 Å². The minimum absolute atomic E-state index is 0.0113. The van der Waals surface area contributed by atoms with Crippen LogP contribution in [-0.4, -0.2) is 55.0 Å². The van der Waals surface area contributed by atoms with Gasteiger partial charge in [-0.3, -0.25) is 4.79 Å². The monoisotopic (exact) mass is 311 g/mol. The van der Waals surface area contributed by atoms with Crippen LogP contribution < -0.4 is 10.6 Å². The smallest absolute Gasteiger partial charge is 0.239 e. The van der Waals surface area contributed by atoms with Crippen LogP contribution in [-0.2, 0) is 4.79 Å². The van der Waals surface area contributed by atoms with Crippen molar-refractivity contribution in [2.75, 3.05) is 43.1 Å². The molecule has 0 unspecified atom stereocenters. The molecule has 1 saturated heterocycles. The Morgan fingerprint density at radius 3 is 2.62 bits per heavy atom. The normalized spacial score (nSPS) is 16.9. The Hall–Kier alpha value is -1.27. The van der Waals surface area contributed by atoms with E-state index in [-0.39, 0.29) is 11.7 Å². The fourth-order valence-electron chi connectivity index (χ4n) is 2.48. The Bertz CT molecular complexity index is 478. The molecule has 0 aliphatic carbocycles. The second kappa shape index (κ2) is 7.66. The molecule has 0 spiro atoms. The van der Waals surface area contributed by atoms with Crippen LogP contribution >= 0.6 is 11.8 Å². The number of nitrogens with two attached hydrogens (primary N) is 1. The van der Waals surface area contributed by atoms with E-state index < -0.39 is 6.04 Å². The van der Waals surface area contributed by atoms with E-state index in [1.165, 1.54) is 6.07 Å². The van der Waals surface area contributed by atoms with Crippen molar-refractivity contribution < 1.29 is 9.18 Å². The number of thioether (sulfide) groups is 1. The number of carbonyl (C=O) groups is 1. The van der Waals surface area contributed by atoms with Crippen LogP contribution in [0.25, 0.3) is 0 Å². The predicted molar refractivity (Wildman–Crippen MR) is 86.2 cm³/mol. The Kier molecular flexibility index (Phi) is 5.87. The second-order valence-corrected chi connectivity index (χ2v) is 6.14. The van der Waals surface area contributed by atoms with Crippen molar-refractivity contribution in [2.24, 2.45) is 5.73 Å². The highest BCUT2D eigenvalue weighted by Gasteiger charge is 2.25. The topological polar surface area (TPSA) is 49.6 Å². The number of carbonyl (C=O) groups excluding carboxylic acids is 1. The largest absolute Gasteiger partial charge is 0.366 e. The molecule has 2 rings (SSSR count). The maximum Gasteiger partial charge on any atom is 0.239 e. The van der Waals surface area contributed by atoms with Gasteiger partial charge in [0.25, 0.3) is 0 Å². The van der Waals surface area contributed by atoms with E-state index in [1.807, 2.05) is 17.2 Å². The third kappa shape index (κ3) is 4.11. The van der Waals surface area contributed by atoms with Gasteiger partial charge in [0.1, 0.15) is 5.82 Å². The zero-order valence-corrected chi connectivity index (χ0v) is 13.1. The quantitative estimate of drug-likeness (QED) is 0.896. The Labute approximate surface area is 129 Å². The molecule has 1 atom stereocenters. The van der Waals surface area contributed by atoms with Gasteiger partial charge in [-0.1, -0.05) is 12.1 Å². The summed E-state index contributed by atoms with van der Waals surface area (Å²) in [6.07, 6.45) is 2.71. The minimum Gasteiger partial charge on any atom is -0.366 e. The van der Waals surface area contributed by atoms with Crippen LogP contribution in [0, 0.1) is 5.82 Å². The molecule has 0 radical (unpaired) electrons. The van der Waals surface area contributed by atoms with E-state index in [2.05, 4.69) is 0 Å². The van der Waals surface area contributed by atoms with Gasteiger partial charge in [0, 0.05) is 26.2 Å². The molecule has 1 aromatic carbocycles. The van der Waals surface area contributed by atoms with Crippen molar-refractivity contribution >= 4 is 23.4 Å². The van der Waals surface area contributed by atoms with E-state index >= 15 is 0 Å². The summed E-state index contributed by atoms with van der Waals surface area (Å²) in [6, 6.07) is 6.33. The predicted octanol–water partition coefficient (Wildman–Crippen LogP) is 1.55. The first-order chi connectivity index (χ1) is 10.1. The number of anilines is 1. The van der Waals surface area contributed by atoms with Gasteiger partial charge in [0.05, 0.1) is 11.7 Å². The van der Waals surface area contributed by atoms with Crippen molar-refractivity contribution in [3.63, 3.8) is 0 Å². The Morgan fingerprint density at radius 1 is 1.33 bits per heavy atom. The lowest BCUT2D eigenvalue weighted by Gasteiger charge is -2.37. The third-order valence-corrected chi connectivity index (χ3v) is 4.38. The van der Waals surface area contributed by atoms with Crippen molar-refractivity contribution in [3.05, 3.63) is 30.1 Å². The molecule has 1 amide bonds. The molecule has 1 fully saturated rings. The number of hydrogen-bond acceptors (Lipinski definition) is 4. The fraction of sp³-hybridized carbons (Fsp3) is 0.533. The van der Waals surface area contributed by atoms with Gasteiger partial charge >= 0.3 is 0 Å². The van der Waals surface area contributed by atoms with Gasteiger partial charge in [0.15, 0.2) is 0 Å². The van der Waals surface area contributed by atoms with Gasteiger partial charge in [-0.15, -0.1) is 0 Å². The highest BCUT2D eigenvalue weighted by Crippen LogP contribution is 2.20. The fourth-order valence-corrected chi connectivity index (χ4v) is 2.97. The highest BCUT2D eigenvalue weighted by atomic mass is 32.2. The molecule has 1 heterocycles. The van der Waals surface area contributed by atoms with Crippen LogP contribution in [0.1, 0.15) is 6.42 Å². The SMILES string of the molecule is CSCC[C@@H](N)C(=O)N1CCN(c2ccccc2F)CC1. The van der Waals surface area contributed by atoms with Crippen LogP contribution in [0.3, 0.4) is 0 Å². The maximum absolute atomic E-state index is 13.8. The van der Waals surface area contributed by atoms with Crippen LogP contribution in [0.4, 0.5) is 10.1 Å². The molecule has 4 nitrogen and oxygen atoms in total. The lowest BCUT2D eigenvalue weighted by Crippen LogP contribution is -2.53. The lowest BCUT2D eigenvalue weighted by molar-refractivity contribution is -0.132. The molecule has 1 aromatic rings. The molecular formula is C15H22FN3OS. The third-order valence-electron chi connectivity index (χ3n) is 3.73. The minimum atomic E-state index is -0.419. The average molecular weight is 311 g/mol. The number of nitrogens with zero attached hydrogens (tertiary/aromatic N) is 2. The first-order valence-corrected chi connectivity index (χ1v) is 8.55. The first kappa shape index (κ1) is 16.1. The Morgan fingerprint density at radius 2 is 2.00 bits per heavy atom. The molecule has 0 aromatic heterocycles. The van der Waals surface area contributed by atoms with E-state index in [0.717, 1.165) is 5.75 Å². The Balaban J connectivity index is 1.88. The molecule has 116 valence electrons. The van der Waals surface area contributed by atoms with E-state index in [1.54, 1.807) is 28.8 Å². The summed E-state index contributed by atoms with van der Waals surface area (Å²) >= 11 is 1.69. The standard InChI is InChI=1S/C15H22FN3OS/c1-21-11-6-13(17)15(20)19-9-7-18(8-10-19)14-5-3-2-4-12(14)16/h2-5,13H,6-11,17H2,1H3/t13-/m1/s1. The van der Waals surface area contributed by atoms with Crippen molar-refractivity contribution in [1.82, 2.24) is 4.90 Å². The number of amides is 1. The van der Waals surface area contributed by atoms with Crippen molar-refractivity contribution in [3.8, 4) is 0 Å². The average Bonchev–Trinajstić information content (AvgIpc) is 2.52. The summed E-state index contributed by atoms with van der Waals surface area (Å²) in [6.45, 7) is 2.48. The molecule has 1 aliphatic heterocycles. The molecule has 21 heavy (non-hydrogen) atoms. The molecule has 6 heteroatoms. The van der Waals surface area contributed by atoms with Crippen LogP contribution in [0.15, 0.2) is 24.3 Å². The molecular weight excluding hydrogens is 289 g/mol. The van der Waals surface area contributed by atoms with Gasteiger partial charge in [-0.05, 0) is 30.6 Å². The number of rotatable bonds is 5. The molecule has 0 bridgehead atoms. The number of halogens is 1. The zero-order chi connectivity index (χ0) is 15.2. The number of piperazine rings is 1. The summed E-state index contributed by atoms with van der Waals surface area (Å²) in [5.74, 6) is 0.688. The number of para-hydroxylation sites is 1. The van der Waals surface area contributed by atoms with Gasteiger partial charge < -0.3 is 15.5 Å². The summed E-state index contributed by atoms with van der Waals surface area (Å²) in [5.41, 5.74) is 6.53. The van der Waals surface area contributed by atoms with E-state index in [0.29, 0.717) is 38.3 Å². The second-order valence-electron chi connectivity index (χ2n) is 5.15. The van der Waals surface area contributed by atoms with Gasteiger partial charge in [-0.2, -0.15) is 11.8 Å². The summed E-state index contributed by atoms with van der Waals surface area (Å²) < 4.78 is 13.8. The number of hydrogen-bond donors (Lipinski definition) is 1. The van der Waals surface area contributed by atoms with E-state index in [9.17, 15) is 9.18 Å². The first-order valence-electron chi connectivity index (χ1n) is 7.16. The van der Waals surface area contributed by atoms with Crippen LogP contribution in [0.5, 0.6) is 0 Å². The van der Waals surface area contributed by atoms with E-state index in [4.69, 9.17) is 5.73 Å². The van der Waals surface area contributed by atoms with Gasteiger partial charge in [0.2, 0.25) is 5.91 Å². The summed E-state index contributed by atoms with van der Waals surface area (Å²) in [4.78, 5) is 16.0. The maximum atomic E-state index is 13.8.